The van der Waals surface area contributed by atoms with Gasteiger partial charge in [0.15, 0.2) is 0 Å². The first kappa shape index (κ1) is 10.9. The van der Waals surface area contributed by atoms with Crippen LogP contribution < -0.4 is 5.32 Å². The van der Waals surface area contributed by atoms with Gasteiger partial charge in [0.05, 0.1) is 4.47 Å². The van der Waals surface area contributed by atoms with Crippen LogP contribution in [0.4, 0.5) is 4.39 Å². The van der Waals surface area contributed by atoms with Crippen molar-refractivity contribution >= 4 is 15.9 Å². The third kappa shape index (κ3) is 2.32. The summed E-state index contributed by atoms with van der Waals surface area (Å²) < 4.78 is 13.6. The minimum Gasteiger partial charge on any atom is -0.506 e. The number of piperidine rings is 1. The van der Waals surface area contributed by atoms with Gasteiger partial charge < -0.3 is 10.4 Å². The lowest BCUT2D eigenvalue weighted by Crippen LogP contribution is -2.26. The summed E-state index contributed by atoms with van der Waals surface area (Å²) in [5.41, 5.74) is 0.725. The number of nitrogens with one attached hydrogen (secondary N) is 1. The number of halogens is 2. The van der Waals surface area contributed by atoms with Gasteiger partial charge in [-0.25, -0.2) is 4.39 Å². The maximum Gasteiger partial charge on any atom is 0.133 e. The molecular weight excluding hydrogens is 261 g/mol. The van der Waals surface area contributed by atoms with Gasteiger partial charge in [0.25, 0.3) is 0 Å². The molecule has 15 heavy (non-hydrogen) atoms. The van der Waals surface area contributed by atoms with Gasteiger partial charge in [0.1, 0.15) is 11.6 Å². The van der Waals surface area contributed by atoms with Crippen LogP contribution in [0.2, 0.25) is 0 Å². The lowest BCUT2D eigenvalue weighted by atomic mass is 9.89. The highest BCUT2D eigenvalue weighted by molar-refractivity contribution is 9.10. The summed E-state index contributed by atoms with van der Waals surface area (Å²) >= 11 is 3.16. The summed E-state index contributed by atoms with van der Waals surface area (Å²) in [5, 5.41) is 13.1. The Kier molecular flexibility index (Phi) is 3.26. The molecule has 0 radical (unpaired) electrons. The van der Waals surface area contributed by atoms with Crippen molar-refractivity contribution in [3.8, 4) is 5.75 Å². The van der Waals surface area contributed by atoms with Crippen molar-refractivity contribution in [2.24, 2.45) is 0 Å². The molecule has 2 nitrogen and oxygen atoms in total. The highest BCUT2D eigenvalue weighted by Crippen LogP contribution is 2.37. The molecule has 1 fully saturated rings. The molecule has 0 saturated carbocycles. The Labute approximate surface area is 96.6 Å². The van der Waals surface area contributed by atoms with E-state index in [9.17, 15) is 9.50 Å². The van der Waals surface area contributed by atoms with Crippen LogP contribution >= 0.6 is 15.9 Å². The number of hydrogen-bond donors (Lipinski definition) is 2. The predicted molar refractivity (Wildman–Crippen MR) is 60.6 cm³/mol. The molecule has 0 bridgehead atoms. The Bertz CT molecular complexity index is 364. The molecule has 1 heterocycles. The molecule has 0 unspecified atom stereocenters. The van der Waals surface area contributed by atoms with Crippen molar-refractivity contribution in [3.63, 3.8) is 0 Å². The molecule has 2 N–H and O–H groups in total. The van der Waals surface area contributed by atoms with E-state index in [1.54, 1.807) is 0 Å². The van der Waals surface area contributed by atoms with Gasteiger partial charge in [0, 0.05) is 5.56 Å². The van der Waals surface area contributed by atoms with E-state index in [1.807, 2.05) is 0 Å². The summed E-state index contributed by atoms with van der Waals surface area (Å²) in [4.78, 5) is 0. The van der Waals surface area contributed by atoms with Gasteiger partial charge in [-0.05, 0) is 59.9 Å². The fourth-order valence-corrected chi connectivity index (χ4v) is 2.48. The average Bonchev–Trinajstić information content (AvgIpc) is 2.24. The summed E-state index contributed by atoms with van der Waals surface area (Å²) in [6, 6.07) is 2.73. The Morgan fingerprint density at radius 2 is 2.00 bits per heavy atom. The van der Waals surface area contributed by atoms with Crippen LogP contribution in [-0.2, 0) is 0 Å². The van der Waals surface area contributed by atoms with Crippen molar-refractivity contribution in [2.75, 3.05) is 13.1 Å². The zero-order valence-electron chi connectivity index (χ0n) is 8.26. The Hall–Kier alpha value is -0.610. The third-order valence-electron chi connectivity index (χ3n) is 2.84. The minimum absolute atomic E-state index is 0.184. The second kappa shape index (κ2) is 4.49. The van der Waals surface area contributed by atoms with Gasteiger partial charge in [-0.2, -0.15) is 0 Å². The molecular formula is C11H13BrFNO. The quantitative estimate of drug-likeness (QED) is 0.825. The number of phenols is 1. The standard InChI is InChI=1S/C11H13BrFNO/c12-10-6-8(13)5-9(11(10)15)7-1-3-14-4-2-7/h5-7,14-15H,1-4H2. The van der Waals surface area contributed by atoms with Crippen molar-refractivity contribution < 1.29 is 9.50 Å². The molecule has 1 aliphatic rings. The number of aromatic hydroxyl groups is 1. The first-order valence-electron chi connectivity index (χ1n) is 5.07. The molecule has 0 amide bonds. The van der Waals surface area contributed by atoms with Crippen LogP contribution in [0, 0.1) is 5.82 Å². The van der Waals surface area contributed by atoms with Crippen molar-refractivity contribution in [1.29, 1.82) is 0 Å². The fraction of sp³-hybridized carbons (Fsp3) is 0.455. The first-order valence-corrected chi connectivity index (χ1v) is 5.86. The highest BCUT2D eigenvalue weighted by Gasteiger charge is 2.20. The molecule has 0 aromatic heterocycles. The van der Waals surface area contributed by atoms with Crippen LogP contribution in [0.15, 0.2) is 16.6 Å². The van der Waals surface area contributed by atoms with Gasteiger partial charge in [-0.1, -0.05) is 0 Å². The Morgan fingerprint density at radius 3 is 2.67 bits per heavy atom. The van der Waals surface area contributed by atoms with E-state index in [0.29, 0.717) is 4.47 Å². The van der Waals surface area contributed by atoms with Crippen LogP contribution in [0.1, 0.15) is 24.3 Å². The largest absolute Gasteiger partial charge is 0.506 e. The van der Waals surface area contributed by atoms with Crippen LogP contribution in [-0.4, -0.2) is 18.2 Å². The van der Waals surface area contributed by atoms with Crippen LogP contribution in [0.5, 0.6) is 5.75 Å². The highest BCUT2D eigenvalue weighted by atomic mass is 79.9. The maximum absolute atomic E-state index is 13.2. The molecule has 1 aromatic rings. The van der Waals surface area contributed by atoms with Crippen molar-refractivity contribution in [1.82, 2.24) is 5.32 Å². The van der Waals surface area contributed by atoms with E-state index in [-0.39, 0.29) is 17.5 Å². The van der Waals surface area contributed by atoms with Gasteiger partial charge in [0.2, 0.25) is 0 Å². The second-order valence-electron chi connectivity index (χ2n) is 3.85. The molecule has 4 heteroatoms. The molecule has 1 saturated heterocycles. The molecule has 1 aromatic carbocycles. The minimum atomic E-state index is -0.298. The van der Waals surface area contributed by atoms with Crippen LogP contribution in [0.3, 0.4) is 0 Å². The van der Waals surface area contributed by atoms with E-state index in [1.165, 1.54) is 12.1 Å². The topological polar surface area (TPSA) is 32.3 Å². The van der Waals surface area contributed by atoms with E-state index in [0.717, 1.165) is 31.5 Å². The number of benzene rings is 1. The predicted octanol–water partition coefficient (Wildman–Crippen LogP) is 2.76. The number of hydrogen-bond acceptors (Lipinski definition) is 2. The second-order valence-corrected chi connectivity index (χ2v) is 4.70. The molecule has 1 aliphatic heterocycles. The average molecular weight is 274 g/mol. The summed E-state index contributed by atoms with van der Waals surface area (Å²) in [6.07, 6.45) is 1.90. The molecule has 2 rings (SSSR count). The summed E-state index contributed by atoms with van der Waals surface area (Å²) in [6.45, 7) is 1.86. The van der Waals surface area contributed by atoms with E-state index in [4.69, 9.17) is 0 Å². The fourth-order valence-electron chi connectivity index (χ4n) is 2.03. The molecule has 82 valence electrons. The molecule has 0 aliphatic carbocycles. The lowest BCUT2D eigenvalue weighted by Gasteiger charge is -2.24. The summed E-state index contributed by atoms with van der Waals surface area (Å²) in [7, 11) is 0. The zero-order valence-corrected chi connectivity index (χ0v) is 9.85. The van der Waals surface area contributed by atoms with Gasteiger partial charge in [-0.3, -0.25) is 0 Å². The maximum atomic E-state index is 13.2. The zero-order chi connectivity index (χ0) is 10.8. The van der Waals surface area contributed by atoms with Crippen molar-refractivity contribution in [3.05, 3.63) is 28.0 Å². The summed E-state index contributed by atoms with van der Waals surface area (Å²) in [5.74, 6) is 0.148. The SMILES string of the molecule is Oc1c(Br)cc(F)cc1C1CCNCC1. The van der Waals surface area contributed by atoms with E-state index < -0.39 is 0 Å². The van der Waals surface area contributed by atoms with Crippen molar-refractivity contribution in [2.45, 2.75) is 18.8 Å². The lowest BCUT2D eigenvalue weighted by molar-refractivity contribution is 0.419. The smallest absolute Gasteiger partial charge is 0.133 e. The number of rotatable bonds is 1. The Morgan fingerprint density at radius 1 is 1.33 bits per heavy atom. The van der Waals surface area contributed by atoms with E-state index >= 15 is 0 Å². The van der Waals surface area contributed by atoms with Gasteiger partial charge in [-0.15, -0.1) is 0 Å². The molecule has 0 atom stereocenters. The monoisotopic (exact) mass is 273 g/mol. The first-order chi connectivity index (χ1) is 7.18. The van der Waals surface area contributed by atoms with Gasteiger partial charge >= 0.3 is 0 Å². The van der Waals surface area contributed by atoms with E-state index in [2.05, 4.69) is 21.2 Å². The third-order valence-corrected chi connectivity index (χ3v) is 3.44. The van der Waals surface area contributed by atoms with Crippen LogP contribution in [0.25, 0.3) is 0 Å². The molecule has 0 spiro atoms. The number of phenolic OH excluding ortho intramolecular Hbond substituents is 1. The Balaban J connectivity index is 2.33. The normalized spacial score (nSPS) is 18.0.